The SMILES string of the molecule is COc1ccc2c(c1)C(=O)N(C[C@@]1(C#Cc3cccc4[nH]ccc34)NC(=O)NC1=O)C2. The Kier molecular flexibility index (Phi) is 4.19. The number of rotatable bonds is 3. The predicted molar refractivity (Wildman–Crippen MR) is 112 cm³/mol. The van der Waals surface area contributed by atoms with Crippen LogP contribution < -0.4 is 15.4 Å². The maximum absolute atomic E-state index is 13.0. The van der Waals surface area contributed by atoms with E-state index in [-0.39, 0.29) is 12.5 Å². The third-order valence-corrected chi connectivity index (χ3v) is 5.57. The van der Waals surface area contributed by atoms with E-state index in [0.29, 0.717) is 23.4 Å². The lowest BCUT2D eigenvalue weighted by atomic mass is 9.98. The first kappa shape index (κ1) is 18.8. The van der Waals surface area contributed by atoms with Gasteiger partial charge in [0.25, 0.3) is 11.8 Å². The summed E-state index contributed by atoms with van der Waals surface area (Å²) in [5.74, 6) is 5.74. The second-order valence-electron chi connectivity index (χ2n) is 7.49. The van der Waals surface area contributed by atoms with E-state index in [0.717, 1.165) is 16.5 Å². The number of carbonyl (C=O) groups excluding carboxylic acids is 3. The minimum absolute atomic E-state index is 0.0729. The molecule has 2 aromatic carbocycles. The molecule has 8 nitrogen and oxygen atoms in total. The topological polar surface area (TPSA) is 104 Å². The lowest BCUT2D eigenvalue weighted by molar-refractivity contribution is -0.122. The summed E-state index contributed by atoms with van der Waals surface area (Å²) in [7, 11) is 1.53. The van der Waals surface area contributed by atoms with Gasteiger partial charge >= 0.3 is 6.03 Å². The van der Waals surface area contributed by atoms with Crippen LogP contribution >= 0.6 is 0 Å². The Morgan fingerprint density at radius 1 is 1.16 bits per heavy atom. The fraction of sp³-hybridized carbons (Fsp3) is 0.174. The number of H-pyrrole nitrogens is 1. The van der Waals surface area contributed by atoms with Gasteiger partial charge in [0.2, 0.25) is 5.54 Å². The summed E-state index contributed by atoms with van der Waals surface area (Å²) in [4.78, 5) is 42.3. The number of hydrogen-bond acceptors (Lipinski definition) is 4. The smallest absolute Gasteiger partial charge is 0.323 e. The molecule has 1 aromatic heterocycles. The Balaban J connectivity index is 1.50. The number of nitrogens with zero attached hydrogens (tertiary/aromatic N) is 1. The molecule has 8 heteroatoms. The number of aromatic amines is 1. The van der Waals surface area contributed by atoms with Crippen molar-refractivity contribution in [1.82, 2.24) is 20.5 Å². The molecule has 31 heavy (non-hydrogen) atoms. The highest BCUT2D eigenvalue weighted by atomic mass is 16.5. The summed E-state index contributed by atoms with van der Waals surface area (Å²) in [6.45, 7) is 0.245. The van der Waals surface area contributed by atoms with Crippen LogP contribution in [0, 0.1) is 11.8 Å². The van der Waals surface area contributed by atoms with Crippen LogP contribution in [0.1, 0.15) is 21.5 Å². The van der Waals surface area contributed by atoms with Gasteiger partial charge in [-0.2, -0.15) is 0 Å². The van der Waals surface area contributed by atoms with Crippen molar-refractivity contribution in [3.05, 3.63) is 65.4 Å². The molecule has 1 fully saturated rings. The van der Waals surface area contributed by atoms with Crippen LogP contribution in [0.15, 0.2) is 48.7 Å². The Hall–Kier alpha value is -4.25. The first-order chi connectivity index (χ1) is 15.0. The van der Waals surface area contributed by atoms with Crippen molar-refractivity contribution in [2.75, 3.05) is 13.7 Å². The first-order valence-electron chi connectivity index (χ1n) is 9.68. The van der Waals surface area contributed by atoms with Gasteiger partial charge in [0, 0.05) is 34.8 Å². The molecule has 1 atom stereocenters. The molecular formula is C23H18N4O4. The molecule has 3 N–H and O–H groups in total. The van der Waals surface area contributed by atoms with E-state index in [9.17, 15) is 14.4 Å². The second kappa shape index (κ2) is 6.92. The average Bonchev–Trinajstić information content (AvgIpc) is 3.43. The van der Waals surface area contributed by atoms with Crippen LogP contribution in [-0.4, -0.2) is 46.9 Å². The number of nitrogens with one attached hydrogen (secondary N) is 3. The molecule has 0 spiro atoms. The van der Waals surface area contributed by atoms with Gasteiger partial charge in [0.1, 0.15) is 5.75 Å². The summed E-state index contributed by atoms with van der Waals surface area (Å²) < 4.78 is 5.21. The monoisotopic (exact) mass is 414 g/mol. The molecule has 2 aliphatic heterocycles. The lowest BCUT2D eigenvalue weighted by Crippen LogP contribution is -2.54. The number of ether oxygens (including phenoxy) is 1. The van der Waals surface area contributed by atoms with E-state index in [2.05, 4.69) is 27.5 Å². The molecule has 1 saturated heterocycles. The van der Waals surface area contributed by atoms with Crippen molar-refractivity contribution >= 4 is 28.7 Å². The number of urea groups is 1. The fourth-order valence-electron chi connectivity index (χ4n) is 3.98. The molecule has 0 saturated carbocycles. The van der Waals surface area contributed by atoms with Crippen LogP contribution in [0.4, 0.5) is 4.79 Å². The zero-order valence-corrected chi connectivity index (χ0v) is 16.6. The van der Waals surface area contributed by atoms with E-state index >= 15 is 0 Å². The van der Waals surface area contributed by atoms with Crippen LogP contribution in [0.3, 0.4) is 0 Å². The van der Waals surface area contributed by atoms with Crippen molar-refractivity contribution in [2.24, 2.45) is 0 Å². The minimum atomic E-state index is -1.54. The van der Waals surface area contributed by atoms with Gasteiger partial charge in [-0.05, 0) is 35.9 Å². The number of hydrogen-bond donors (Lipinski definition) is 3. The van der Waals surface area contributed by atoms with Gasteiger partial charge in [0.15, 0.2) is 0 Å². The van der Waals surface area contributed by atoms with Gasteiger partial charge in [-0.25, -0.2) is 4.79 Å². The fourth-order valence-corrected chi connectivity index (χ4v) is 3.98. The van der Waals surface area contributed by atoms with Crippen molar-refractivity contribution < 1.29 is 19.1 Å². The molecule has 0 bridgehead atoms. The van der Waals surface area contributed by atoms with Crippen molar-refractivity contribution in [3.63, 3.8) is 0 Å². The van der Waals surface area contributed by atoms with Gasteiger partial charge in [-0.3, -0.25) is 14.9 Å². The Morgan fingerprint density at radius 3 is 2.81 bits per heavy atom. The Labute approximate surface area is 177 Å². The number of methoxy groups -OCH3 is 1. The molecule has 3 heterocycles. The van der Waals surface area contributed by atoms with Crippen molar-refractivity contribution in [1.29, 1.82) is 0 Å². The van der Waals surface area contributed by atoms with Crippen molar-refractivity contribution in [2.45, 2.75) is 12.1 Å². The van der Waals surface area contributed by atoms with Gasteiger partial charge in [-0.1, -0.05) is 24.0 Å². The zero-order chi connectivity index (χ0) is 21.6. The highest BCUT2D eigenvalue weighted by molar-refractivity contribution is 6.10. The summed E-state index contributed by atoms with van der Waals surface area (Å²) in [6, 6.07) is 12.2. The minimum Gasteiger partial charge on any atom is -0.497 e. The third-order valence-electron chi connectivity index (χ3n) is 5.57. The van der Waals surface area contributed by atoms with Crippen molar-refractivity contribution in [3.8, 4) is 17.6 Å². The molecule has 0 radical (unpaired) electrons. The van der Waals surface area contributed by atoms with E-state index in [1.165, 1.54) is 12.0 Å². The number of aromatic nitrogens is 1. The van der Waals surface area contributed by atoms with E-state index in [4.69, 9.17) is 4.74 Å². The summed E-state index contributed by atoms with van der Waals surface area (Å²) in [5, 5.41) is 5.78. The lowest BCUT2D eigenvalue weighted by Gasteiger charge is -2.26. The number of benzene rings is 2. The molecule has 3 aromatic rings. The van der Waals surface area contributed by atoms with Crippen LogP contribution in [0.25, 0.3) is 10.9 Å². The molecule has 0 unspecified atom stereocenters. The zero-order valence-electron chi connectivity index (χ0n) is 16.6. The Morgan fingerprint density at radius 2 is 2.03 bits per heavy atom. The number of carbonyl (C=O) groups is 3. The standard InChI is InChI=1S/C23H18N4O4/c1-31-16-6-5-15-12-27(20(28)18(15)11-16)13-23(21(29)25-22(30)26-23)9-7-14-3-2-4-19-17(14)8-10-24-19/h2-6,8,10-11,24H,12-13H2,1H3,(H2,25,26,29,30)/t23-/m1/s1. The number of fused-ring (bicyclic) bond motifs is 2. The quantitative estimate of drug-likeness (QED) is 0.449. The summed E-state index contributed by atoms with van der Waals surface area (Å²) >= 11 is 0. The van der Waals surface area contributed by atoms with Gasteiger partial charge in [0.05, 0.1) is 13.7 Å². The largest absolute Gasteiger partial charge is 0.497 e. The molecule has 5 rings (SSSR count). The highest BCUT2D eigenvalue weighted by Gasteiger charge is 2.48. The van der Waals surface area contributed by atoms with E-state index < -0.39 is 17.5 Å². The number of imide groups is 1. The van der Waals surface area contributed by atoms with Crippen LogP contribution in [0.2, 0.25) is 0 Å². The summed E-state index contributed by atoms with van der Waals surface area (Å²) in [5.41, 5.74) is 1.44. The molecule has 4 amide bonds. The highest BCUT2D eigenvalue weighted by Crippen LogP contribution is 2.28. The van der Waals surface area contributed by atoms with E-state index in [1.807, 2.05) is 36.5 Å². The van der Waals surface area contributed by atoms with Crippen LogP contribution in [-0.2, 0) is 11.3 Å². The van der Waals surface area contributed by atoms with Gasteiger partial charge < -0.3 is 19.9 Å². The summed E-state index contributed by atoms with van der Waals surface area (Å²) in [6.07, 6.45) is 1.81. The normalized spacial score (nSPS) is 19.6. The Bertz CT molecular complexity index is 1320. The maximum Gasteiger partial charge on any atom is 0.323 e. The second-order valence-corrected chi connectivity index (χ2v) is 7.49. The molecule has 2 aliphatic rings. The molecular weight excluding hydrogens is 396 g/mol. The molecule has 0 aliphatic carbocycles. The first-order valence-corrected chi connectivity index (χ1v) is 9.68. The van der Waals surface area contributed by atoms with Gasteiger partial charge in [-0.15, -0.1) is 0 Å². The number of amides is 4. The maximum atomic E-state index is 13.0. The van der Waals surface area contributed by atoms with Crippen LogP contribution in [0.5, 0.6) is 5.75 Å². The molecule has 154 valence electrons. The third kappa shape index (κ3) is 3.07. The average molecular weight is 414 g/mol. The predicted octanol–water partition coefficient (Wildman–Crippen LogP) is 1.76. The van der Waals surface area contributed by atoms with E-state index in [1.54, 1.807) is 12.1 Å².